The summed E-state index contributed by atoms with van der Waals surface area (Å²) >= 11 is 0. The van der Waals surface area contributed by atoms with Crippen molar-refractivity contribution in [2.45, 2.75) is 38.7 Å². The van der Waals surface area contributed by atoms with Gasteiger partial charge in [-0.3, -0.25) is 4.98 Å². The third kappa shape index (κ3) is 6.66. The molecule has 0 aromatic carbocycles. The van der Waals surface area contributed by atoms with Crippen molar-refractivity contribution in [3.8, 4) is 0 Å². The summed E-state index contributed by atoms with van der Waals surface area (Å²) in [5, 5.41) is 13.6. The predicted molar refractivity (Wildman–Crippen MR) is 77.3 cm³/mol. The molecule has 1 atom stereocenters. The van der Waals surface area contributed by atoms with Crippen LogP contribution in [0, 0.1) is 0 Å². The highest BCUT2D eigenvalue weighted by Crippen LogP contribution is 2.15. The number of aryl methyl sites for hydroxylation is 1. The van der Waals surface area contributed by atoms with Crippen LogP contribution in [0.4, 0.5) is 0 Å². The van der Waals surface area contributed by atoms with Crippen LogP contribution < -0.4 is 5.32 Å². The van der Waals surface area contributed by atoms with Crippen LogP contribution in [0.25, 0.3) is 0 Å². The second-order valence-corrected chi connectivity index (χ2v) is 5.18. The van der Waals surface area contributed by atoms with E-state index in [0.29, 0.717) is 19.4 Å². The minimum atomic E-state index is -0.721. The van der Waals surface area contributed by atoms with Crippen LogP contribution in [0.2, 0.25) is 0 Å². The lowest BCUT2D eigenvalue weighted by Gasteiger charge is -2.23. The van der Waals surface area contributed by atoms with Gasteiger partial charge in [0.15, 0.2) is 0 Å². The van der Waals surface area contributed by atoms with Crippen LogP contribution in [0.15, 0.2) is 18.3 Å². The van der Waals surface area contributed by atoms with E-state index in [2.05, 4.69) is 23.3 Å². The van der Waals surface area contributed by atoms with Crippen molar-refractivity contribution in [2.75, 3.05) is 26.8 Å². The standard InChI is InChI=1S/C15H26N2O2/c1-4-13-5-6-14(17-12-13)11-15(2,18)7-8-16-9-10-19-3/h5-6,12,16,18H,4,7-11H2,1-3H3. The Morgan fingerprint density at radius 1 is 1.37 bits per heavy atom. The van der Waals surface area contributed by atoms with E-state index in [1.807, 2.05) is 19.2 Å². The van der Waals surface area contributed by atoms with Crippen molar-refractivity contribution in [1.29, 1.82) is 0 Å². The van der Waals surface area contributed by atoms with Gasteiger partial charge in [0.2, 0.25) is 0 Å². The maximum Gasteiger partial charge on any atom is 0.0687 e. The Bertz CT molecular complexity index is 350. The molecule has 0 aliphatic carbocycles. The molecule has 0 saturated heterocycles. The van der Waals surface area contributed by atoms with Gasteiger partial charge in [0, 0.05) is 32.0 Å². The van der Waals surface area contributed by atoms with Gasteiger partial charge in [0.25, 0.3) is 0 Å². The molecule has 4 nitrogen and oxygen atoms in total. The first-order valence-corrected chi connectivity index (χ1v) is 6.93. The first-order chi connectivity index (χ1) is 9.07. The molecule has 1 aromatic rings. The molecule has 1 rings (SSSR count). The zero-order chi connectivity index (χ0) is 14.1. The average molecular weight is 266 g/mol. The third-order valence-corrected chi connectivity index (χ3v) is 3.18. The summed E-state index contributed by atoms with van der Waals surface area (Å²) in [7, 11) is 1.68. The molecular formula is C15H26N2O2. The first-order valence-electron chi connectivity index (χ1n) is 6.93. The van der Waals surface area contributed by atoms with E-state index in [-0.39, 0.29) is 0 Å². The van der Waals surface area contributed by atoms with Crippen molar-refractivity contribution < 1.29 is 9.84 Å². The minimum absolute atomic E-state index is 0.586. The molecule has 1 unspecified atom stereocenters. The Morgan fingerprint density at radius 3 is 2.74 bits per heavy atom. The smallest absolute Gasteiger partial charge is 0.0687 e. The monoisotopic (exact) mass is 266 g/mol. The minimum Gasteiger partial charge on any atom is -0.390 e. The number of aliphatic hydroxyl groups is 1. The first kappa shape index (κ1) is 16.1. The normalized spacial score (nSPS) is 14.3. The molecule has 108 valence electrons. The quantitative estimate of drug-likeness (QED) is 0.666. The lowest BCUT2D eigenvalue weighted by molar-refractivity contribution is 0.0501. The maximum atomic E-state index is 10.3. The highest BCUT2D eigenvalue weighted by molar-refractivity contribution is 5.15. The molecule has 0 spiro atoms. The van der Waals surface area contributed by atoms with Gasteiger partial charge in [0.05, 0.1) is 12.2 Å². The molecule has 0 aliphatic rings. The van der Waals surface area contributed by atoms with E-state index in [0.717, 1.165) is 25.2 Å². The second-order valence-electron chi connectivity index (χ2n) is 5.18. The second kappa shape index (κ2) is 8.25. The number of nitrogens with one attached hydrogen (secondary N) is 1. The fraction of sp³-hybridized carbons (Fsp3) is 0.667. The van der Waals surface area contributed by atoms with Gasteiger partial charge in [-0.05, 0) is 37.9 Å². The van der Waals surface area contributed by atoms with Gasteiger partial charge >= 0.3 is 0 Å². The summed E-state index contributed by atoms with van der Waals surface area (Å²) in [5.74, 6) is 0. The summed E-state index contributed by atoms with van der Waals surface area (Å²) in [6.07, 6.45) is 4.17. The van der Waals surface area contributed by atoms with E-state index >= 15 is 0 Å². The van der Waals surface area contributed by atoms with Crippen molar-refractivity contribution in [3.05, 3.63) is 29.6 Å². The number of pyridine rings is 1. The van der Waals surface area contributed by atoms with Gasteiger partial charge in [0.1, 0.15) is 0 Å². The zero-order valence-electron chi connectivity index (χ0n) is 12.3. The molecule has 0 aliphatic heterocycles. The van der Waals surface area contributed by atoms with Gasteiger partial charge < -0.3 is 15.2 Å². The van der Waals surface area contributed by atoms with Gasteiger partial charge in [-0.1, -0.05) is 13.0 Å². The molecule has 0 saturated carbocycles. The fourth-order valence-corrected chi connectivity index (χ4v) is 1.90. The van der Waals surface area contributed by atoms with Gasteiger partial charge in [-0.25, -0.2) is 0 Å². The number of nitrogens with zero attached hydrogens (tertiary/aromatic N) is 1. The van der Waals surface area contributed by atoms with E-state index in [1.54, 1.807) is 7.11 Å². The Balaban J connectivity index is 2.35. The van der Waals surface area contributed by atoms with Crippen LogP contribution >= 0.6 is 0 Å². The number of ether oxygens (including phenoxy) is 1. The van der Waals surface area contributed by atoms with Crippen LogP contribution in [0.1, 0.15) is 31.5 Å². The molecule has 0 fully saturated rings. The maximum absolute atomic E-state index is 10.3. The number of methoxy groups -OCH3 is 1. The van der Waals surface area contributed by atoms with Crippen molar-refractivity contribution in [3.63, 3.8) is 0 Å². The predicted octanol–water partition coefficient (Wildman–Crippen LogP) is 1.56. The Morgan fingerprint density at radius 2 is 2.16 bits per heavy atom. The average Bonchev–Trinajstić information content (AvgIpc) is 2.39. The van der Waals surface area contributed by atoms with Crippen LogP contribution in [-0.4, -0.2) is 42.5 Å². The van der Waals surface area contributed by atoms with E-state index in [9.17, 15) is 5.11 Å². The van der Waals surface area contributed by atoms with E-state index in [1.165, 1.54) is 5.56 Å². The SMILES string of the molecule is CCc1ccc(CC(C)(O)CCNCCOC)nc1. The topological polar surface area (TPSA) is 54.4 Å². The van der Waals surface area contributed by atoms with Crippen molar-refractivity contribution in [1.82, 2.24) is 10.3 Å². The van der Waals surface area contributed by atoms with E-state index < -0.39 is 5.60 Å². The molecule has 0 amide bonds. The Labute approximate surface area is 116 Å². The summed E-state index contributed by atoms with van der Waals surface area (Å²) < 4.78 is 4.96. The number of hydrogen-bond acceptors (Lipinski definition) is 4. The third-order valence-electron chi connectivity index (χ3n) is 3.18. The molecule has 2 N–H and O–H groups in total. The summed E-state index contributed by atoms with van der Waals surface area (Å²) in [6, 6.07) is 4.08. The Hall–Kier alpha value is -0.970. The van der Waals surface area contributed by atoms with Gasteiger partial charge in [-0.15, -0.1) is 0 Å². The molecular weight excluding hydrogens is 240 g/mol. The molecule has 19 heavy (non-hydrogen) atoms. The Kier molecular flexibility index (Phi) is 6.99. The number of rotatable bonds is 9. The van der Waals surface area contributed by atoms with Crippen LogP contribution in [0.3, 0.4) is 0 Å². The van der Waals surface area contributed by atoms with Crippen molar-refractivity contribution >= 4 is 0 Å². The van der Waals surface area contributed by atoms with E-state index in [4.69, 9.17) is 4.74 Å². The van der Waals surface area contributed by atoms with Crippen molar-refractivity contribution in [2.24, 2.45) is 0 Å². The summed E-state index contributed by atoms with van der Waals surface area (Å²) in [4.78, 5) is 4.39. The lowest BCUT2D eigenvalue weighted by atomic mass is 9.95. The molecule has 1 heterocycles. The van der Waals surface area contributed by atoms with Crippen LogP contribution in [-0.2, 0) is 17.6 Å². The highest BCUT2D eigenvalue weighted by atomic mass is 16.5. The largest absolute Gasteiger partial charge is 0.390 e. The van der Waals surface area contributed by atoms with Gasteiger partial charge in [-0.2, -0.15) is 0 Å². The fourth-order valence-electron chi connectivity index (χ4n) is 1.90. The molecule has 0 radical (unpaired) electrons. The molecule has 1 aromatic heterocycles. The molecule has 0 bridgehead atoms. The van der Waals surface area contributed by atoms with Crippen LogP contribution in [0.5, 0.6) is 0 Å². The number of aromatic nitrogens is 1. The molecule has 4 heteroatoms. The zero-order valence-corrected chi connectivity index (χ0v) is 12.3. The summed E-state index contributed by atoms with van der Waals surface area (Å²) in [5.41, 5.74) is 1.45. The highest BCUT2D eigenvalue weighted by Gasteiger charge is 2.20. The lowest BCUT2D eigenvalue weighted by Crippen LogP contribution is -2.33. The summed E-state index contributed by atoms with van der Waals surface area (Å²) in [6.45, 7) is 6.26. The number of hydrogen-bond donors (Lipinski definition) is 2.